The van der Waals surface area contributed by atoms with Crippen LogP contribution in [0.2, 0.25) is 10.0 Å². The summed E-state index contributed by atoms with van der Waals surface area (Å²) in [5.41, 5.74) is 0.440. The van der Waals surface area contributed by atoms with Gasteiger partial charge in [-0.2, -0.15) is 0 Å². The van der Waals surface area contributed by atoms with Crippen LogP contribution in [-0.2, 0) is 26.2 Å². The largest absolute Gasteiger partial charge is 0.497 e. The molecule has 0 fully saturated rings. The number of hydrogen-bond donors (Lipinski definition) is 1. The Kier molecular flexibility index (Phi) is 13.4. The Morgan fingerprint density at radius 3 is 2.00 bits per heavy atom. The molecule has 2 atom stereocenters. The first-order chi connectivity index (χ1) is 22.4. The molecule has 0 bridgehead atoms. The van der Waals surface area contributed by atoms with E-state index in [0.717, 1.165) is 4.31 Å². The molecule has 1 N–H and O–H groups in total. The molecule has 256 valence electrons. The maximum atomic E-state index is 14.5. The molecule has 0 radical (unpaired) electrons. The topological polar surface area (TPSA) is 124 Å². The SMILES string of the molecule is CC[C@@H](C)NC(=O)[C@@H](CC)N(Cc1c(Cl)cccc1Cl)C(=O)CN(c1cc(OC)ccc1OC)S(=O)(=O)c1ccc(OC)c(OC)c1. The lowest BCUT2D eigenvalue weighted by molar-refractivity contribution is -0.140. The van der Waals surface area contributed by atoms with Crippen LogP contribution in [0.4, 0.5) is 5.69 Å². The first-order valence-electron chi connectivity index (χ1n) is 14.9. The Hall–Kier alpha value is -3.87. The van der Waals surface area contributed by atoms with E-state index in [1.165, 1.54) is 63.7 Å². The summed E-state index contributed by atoms with van der Waals surface area (Å²) in [6.45, 7) is 4.65. The summed E-state index contributed by atoms with van der Waals surface area (Å²) in [5, 5.41) is 3.51. The summed E-state index contributed by atoms with van der Waals surface area (Å²) >= 11 is 13.0. The number of nitrogens with zero attached hydrogens (tertiary/aromatic N) is 2. The van der Waals surface area contributed by atoms with Crippen LogP contribution >= 0.6 is 23.2 Å². The number of nitrogens with one attached hydrogen (secondary N) is 1. The smallest absolute Gasteiger partial charge is 0.265 e. The van der Waals surface area contributed by atoms with E-state index in [9.17, 15) is 18.0 Å². The van der Waals surface area contributed by atoms with Crippen LogP contribution < -0.4 is 28.6 Å². The molecule has 3 aromatic carbocycles. The van der Waals surface area contributed by atoms with Crippen molar-refractivity contribution in [2.24, 2.45) is 0 Å². The zero-order chi connectivity index (χ0) is 34.9. The molecule has 0 saturated carbocycles. The van der Waals surface area contributed by atoms with E-state index in [-0.39, 0.29) is 51.1 Å². The van der Waals surface area contributed by atoms with Gasteiger partial charge in [-0.05, 0) is 56.2 Å². The first-order valence-corrected chi connectivity index (χ1v) is 17.1. The molecule has 47 heavy (non-hydrogen) atoms. The third-order valence-corrected chi connectivity index (χ3v) is 10.1. The van der Waals surface area contributed by atoms with E-state index in [1.54, 1.807) is 31.2 Å². The lowest BCUT2D eigenvalue weighted by atomic mass is 10.1. The Labute approximate surface area is 286 Å². The van der Waals surface area contributed by atoms with Gasteiger partial charge in [-0.3, -0.25) is 13.9 Å². The van der Waals surface area contributed by atoms with Crippen LogP contribution in [-0.4, -0.2) is 72.2 Å². The molecule has 0 aliphatic heterocycles. The van der Waals surface area contributed by atoms with Gasteiger partial charge in [-0.15, -0.1) is 0 Å². The Morgan fingerprint density at radius 1 is 0.830 bits per heavy atom. The highest BCUT2D eigenvalue weighted by molar-refractivity contribution is 7.92. The van der Waals surface area contributed by atoms with Gasteiger partial charge >= 0.3 is 0 Å². The maximum Gasteiger partial charge on any atom is 0.265 e. The number of rotatable bonds is 16. The van der Waals surface area contributed by atoms with Gasteiger partial charge in [-0.25, -0.2) is 8.42 Å². The molecule has 0 aliphatic rings. The standard InChI is InChI=1S/C33H41Cl2N3O8S/c1-8-21(3)36-33(40)27(9-2)37(19-24-25(34)11-10-12-26(24)35)32(39)20-38(28-17-22(43-4)13-15-29(28)44-5)47(41,42)23-14-16-30(45-6)31(18-23)46-7/h10-18,21,27H,8-9,19-20H2,1-7H3,(H,36,40)/t21-,27-/m1/s1. The normalized spacial score (nSPS) is 12.4. The molecule has 2 amide bonds. The van der Waals surface area contributed by atoms with E-state index in [4.69, 9.17) is 42.1 Å². The molecule has 0 spiro atoms. The second-order valence-corrected chi connectivity index (χ2v) is 13.2. The predicted octanol–water partition coefficient (Wildman–Crippen LogP) is 5.95. The number of ether oxygens (including phenoxy) is 4. The molecular formula is C33H41Cl2N3O8S. The fourth-order valence-corrected chi connectivity index (χ4v) is 6.77. The number of carbonyl (C=O) groups is 2. The van der Waals surface area contributed by atoms with Crippen molar-refractivity contribution in [2.45, 2.75) is 57.1 Å². The van der Waals surface area contributed by atoms with Crippen LogP contribution in [0.3, 0.4) is 0 Å². The summed E-state index contributed by atoms with van der Waals surface area (Å²) in [7, 11) is 1.12. The number of benzene rings is 3. The van der Waals surface area contributed by atoms with Crippen LogP contribution in [0.25, 0.3) is 0 Å². The summed E-state index contributed by atoms with van der Waals surface area (Å²) < 4.78 is 51.5. The number of amides is 2. The average Bonchev–Trinajstić information content (AvgIpc) is 3.07. The van der Waals surface area contributed by atoms with E-state index in [2.05, 4.69) is 5.32 Å². The van der Waals surface area contributed by atoms with E-state index in [0.29, 0.717) is 23.5 Å². The van der Waals surface area contributed by atoms with Crippen molar-refractivity contribution in [3.63, 3.8) is 0 Å². The summed E-state index contributed by atoms with van der Waals surface area (Å²) in [5.74, 6) is -0.133. The van der Waals surface area contributed by atoms with E-state index < -0.39 is 34.4 Å². The van der Waals surface area contributed by atoms with Crippen LogP contribution in [0, 0.1) is 0 Å². The van der Waals surface area contributed by atoms with Gasteiger partial charge in [0.05, 0.1) is 39.0 Å². The number of hydrogen-bond acceptors (Lipinski definition) is 8. The van der Waals surface area contributed by atoms with Gasteiger partial charge in [0.1, 0.15) is 24.1 Å². The molecule has 0 heterocycles. The van der Waals surface area contributed by atoms with E-state index >= 15 is 0 Å². The van der Waals surface area contributed by atoms with Crippen LogP contribution in [0.1, 0.15) is 39.2 Å². The summed E-state index contributed by atoms with van der Waals surface area (Å²) in [4.78, 5) is 29.2. The van der Waals surface area contributed by atoms with Crippen LogP contribution in [0.15, 0.2) is 59.5 Å². The van der Waals surface area contributed by atoms with Crippen molar-refractivity contribution in [3.8, 4) is 23.0 Å². The maximum absolute atomic E-state index is 14.5. The highest BCUT2D eigenvalue weighted by Gasteiger charge is 2.36. The molecule has 0 aliphatic carbocycles. The lowest BCUT2D eigenvalue weighted by Gasteiger charge is -2.34. The van der Waals surface area contributed by atoms with Crippen molar-refractivity contribution in [2.75, 3.05) is 39.3 Å². The Bertz CT molecular complexity index is 1650. The highest BCUT2D eigenvalue weighted by atomic mass is 35.5. The minimum absolute atomic E-state index is 0.0304. The highest BCUT2D eigenvalue weighted by Crippen LogP contribution is 2.38. The van der Waals surface area contributed by atoms with Gasteiger partial charge < -0.3 is 29.2 Å². The predicted molar refractivity (Wildman–Crippen MR) is 183 cm³/mol. The third kappa shape index (κ3) is 8.74. The van der Waals surface area contributed by atoms with Crippen molar-refractivity contribution in [1.82, 2.24) is 10.2 Å². The average molecular weight is 711 g/mol. The summed E-state index contributed by atoms with van der Waals surface area (Å²) in [6.07, 6.45) is 0.889. The molecule has 3 rings (SSSR count). The quantitative estimate of drug-likeness (QED) is 0.194. The number of methoxy groups -OCH3 is 4. The molecule has 0 saturated heterocycles. The molecule has 11 nitrogen and oxygen atoms in total. The first kappa shape index (κ1) is 37.6. The van der Waals surface area contributed by atoms with Gasteiger partial charge in [0.2, 0.25) is 11.8 Å². The fraction of sp³-hybridized carbons (Fsp3) is 0.394. The summed E-state index contributed by atoms with van der Waals surface area (Å²) in [6, 6.07) is 12.4. The molecule has 0 unspecified atom stereocenters. The zero-order valence-corrected chi connectivity index (χ0v) is 29.8. The number of sulfonamides is 1. The van der Waals surface area contributed by atoms with Crippen molar-refractivity contribution < 1.29 is 37.0 Å². The van der Waals surface area contributed by atoms with Gasteiger partial charge in [0, 0.05) is 40.3 Å². The molecular weight excluding hydrogens is 669 g/mol. The number of halogens is 2. The minimum Gasteiger partial charge on any atom is -0.497 e. The minimum atomic E-state index is -4.50. The molecule has 3 aromatic rings. The second kappa shape index (κ2) is 16.8. The zero-order valence-electron chi connectivity index (χ0n) is 27.5. The van der Waals surface area contributed by atoms with Gasteiger partial charge in [0.25, 0.3) is 10.0 Å². The van der Waals surface area contributed by atoms with Crippen LogP contribution in [0.5, 0.6) is 23.0 Å². The van der Waals surface area contributed by atoms with E-state index in [1.807, 2.05) is 13.8 Å². The van der Waals surface area contributed by atoms with Crippen molar-refractivity contribution in [3.05, 3.63) is 70.2 Å². The molecule has 14 heteroatoms. The lowest BCUT2D eigenvalue weighted by Crippen LogP contribution is -2.53. The Balaban J connectivity index is 2.23. The van der Waals surface area contributed by atoms with Crippen molar-refractivity contribution >= 4 is 50.7 Å². The second-order valence-electron chi connectivity index (χ2n) is 10.5. The van der Waals surface area contributed by atoms with Gasteiger partial charge in [-0.1, -0.05) is 43.1 Å². The Morgan fingerprint density at radius 2 is 1.45 bits per heavy atom. The number of anilines is 1. The number of carbonyl (C=O) groups excluding carboxylic acids is 2. The van der Waals surface area contributed by atoms with Gasteiger partial charge in [0.15, 0.2) is 11.5 Å². The monoisotopic (exact) mass is 709 g/mol. The van der Waals surface area contributed by atoms with Crippen molar-refractivity contribution in [1.29, 1.82) is 0 Å². The third-order valence-electron chi connectivity index (χ3n) is 7.65. The molecule has 0 aromatic heterocycles. The fourth-order valence-electron chi connectivity index (χ4n) is 4.82.